The summed E-state index contributed by atoms with van der Waals surface area (Å²) in [6.45, 7) is 4.76. The highest BCUT2D eigenvalue weighted by atomic mass is 32.2. The maximum Gasteiger partial charge on any atom is 0.215 e. The zero-order chi connectivity index (χ0) is 14.3. The number of sulfonamides is 1. The Morgan fingerprint density at radius 2 is 1.79 bits per heavy atom. The normalized spacial score (nSPS) is 15.1. The van der Waals surface area contributed by atoms with Crippen LogP contribution in [0.25, 0.3) is 0 Å². The van der Waals surface area contributed by atoms with Crippen molar-refractivity contribution in [1.29, 1.82) is 0 Å². The van der Waals surface area contributed by atoms with Crippen molar-refractivity contribution in [3.05, 3.63) is 35.9 Å². The number of benzene rings is 1. The van der Waals surface area contributed by atoms with Crippen LogP contribution < -0.4 is 10.0 Å². The minimum atomic E-state index is -3.21. The van der Waals surface area contributed by atoms with Gasteiger partial charge in [-0.2, -0.15) is 0 Å². The molecule has 108 valence electrons. The predicted molar refractivity (Wildman–Crippen MR) is 79.8 cm³/mol. The lowest BCUT2D eigenvalue weighted by molar-refractivity contribution is 0.556. The Balaban J connectivity index is 2.42. The van der Waals surface area contributed by atoms with Crippen molar-refractivity contribution in [1.82, 2.24) is 10.0 Å². The molecule has 19 heavy (non-hydrogen) atoms. The first-order chi connectivity index (χ1) is 8.97. The molecule has 0 amide bonds. The van der Waals surface area contributed by atoms with Crippen LogP contribution in [0, 0.1) is 0 Å². The van der Waals surface area contributed by atoms with Gasteiger partial charge in [-0.1, -0.05) is 37.3 Å². The maximum atomic E-state index is 11.9. The average molecular weight is 284 g/mol. The molecule has 0 fully saturated rings. The van der Waals surface area contributed by atoms with E-state index in [0.29, 0.717) is 19.0 Å². The van der Waals surface area contributed by atoms with E-state index >= 15 is 0 Å². The van der Waals surface area contributed by atoms with E-state index in [4.69, 9.17) is 0 Å². The Bertz CT molecular complexity index is 460. The number of nitrogens with one attached hydrogen (secondary N) is 2. The quantitative estimate of drug-likeness (QED) is 0.764. The van der Waals surface area contributed by atoms with Crippen molar-refractivity contribution in [3.63, 3.8) is 0 Å². The molecular formula is C14H24N2O2S. The van der Waals surface area contributed by atoms with E-state index in [2.05, 4.69) is 29.1 Å². The van der Waals surface area contributed by atoms with Crippen LogP contribution in [0.5, 0.6) is 0 Å². The molecule has 4 nitrogen and oxygen atoms in total. The molecule has 0 bridgehead atoms. The van der Waals surface area contributed by atoms with E-state index in [-0.39, 0.29) is 0 Å². The van der Waals surface area contributed by atoms with E-state index in [1.807, 2.05) is 18.2 Å². The predicted octanol–water partition coefficient (Wildman–Crippen LogP) is 1.71. The lowest BCUT2D eigenvalue weighted by Gasteiger charge is -2.15. The Morgan fingerprint density at radius 1 is 1.16 bits per heavy atom. The smallest absolute Gasteiger partial charge is 0.215 e. The Hall–Kier alpha value is -0.910. The first-order valence-corrected chi connectivity index (χ1v) is 8.20. The molecule has 1 aromatic carbocycles. The minimum absolute atomic E-state index is 0.350. The SMILES string of the molecule is CNCC(C)S(=O)(=O)NCCC(C)c1ccccc1. The van der Waals surface area contributed by atoms with Gasteiger partial charge in [0.2, 0.25) is 10.0 Å². The summed E-state index contributed by atoms with van der Waals surface area (Å²) in [6.07, 6.45) is 0.801. The van der Waals surface area contributed by atoms with Gasteiger partial charge in [0.25, 0.3) is 0 Å². The second kappa shape index (κ2) is 7.62. The molecule has 0 aliphatic rings. The first-order valence-electron chi connectivity index (χ1n) is 6.65. The van der Waals surface area contributed by atoms with Crippen molar-refractivity contribution in [2.75, 3.05) is 20.1 Å². The van der Waals surface area contributed by atoms with E-state index < -0.39 is 15.3 Å². The fourth-order valence-electron chi connectivity index (χ4n) is 1.91. The molecule has 0 spiro atoms. The van der Waals surface area contributed by atoms with Gasteiger partial charge in [-0.05, 0) is 31.9 Å². The van der Waals surface area contributed by atoms with Crippen LogP contribution in [-0.4, -0.2) is 33.8 Å². The van der Waals surface area contributed by atoms with E-state index in [1.54, 1.807) is 14.0 Å². The highest BCUT2D eigenvalue weighted by Crippen LogP contribution is 2.17. The molecule has 2 unspecified atom stereocenters. The van der Waals surface area contributed by atoms with Crippen LogP contribution in [0.1, 0.15) is 31.7 Å². The highest BCUT2D eigenvalue weighted by molar-refractivity contribution is 7.90. The Kier molecular flexibility index (Phi) is 6.48. The maximum absolute atomic E-state index is 11.9. The van der Waals surface area contributed by atoms with Crippen molar-refractivity contribution < 1.29 is 8.42 Å². The van der Waals surface area contributed by atoms with Gasteiger partial charge in [0, 0.05) is 13.1 Å². The molecule has 0 aromatic heterocycles. The number of hydrogen-bond donors (Lipinski definition) is 2. The second-order valence-corrected chi connectivity index (χ2v) is 7.09. The molecule has 2 atom stereocenters. The third-order valence-corrected chi connectivity index (χ3v) is 5.10. The van der Waals surface area contributed by atoms with Crippen LogP contribution in [0.2, 0.25) is 0 Å². The average Bonchev–Trinajstić information content (AvgIpc) is 2.39. The zero-order valence-electron chi connectivity index (χ0n) is 11.9. The molecule has 2 N–H and O–H groups in total. The molecule has 5 heteroatoms. The van der Waals surface area contributed by atoms with Crippen LogP contribution >= 0.6 is 0 Å². The summed E-state index contributed by atoms with van der Waals surface area (Å²) in [7, 11) is -1.46. The molecule has 0 aliphatic carbocycles. The van der Waals surface area contributed by atoms with Gasteiger partial charge in [0.05, 0.1) is 5.25 Å². The lowest BCUT2D eigenvalue weighted by Crippen LogP contribution is -2.38. The number of rotatable bonds is 8. The van der Waals surface area contributed by atoms with Crippen molar-refractivity contribution >= 4 is 10.0 Å². The summed E-state index contributed by atoms with van der Waals surface area (Å²) in [5.74, 6) is 0.350. The third kappa shape index (κ3) is 5.30. The van der Waals surface area contributed by atoms with Gasteiger partial charge < -0.3 is 5.32 Å². The summed E-state index contributed by atoms with van der Waals surface area (Å²) in [4.78, 5) is 0. The molecule has 1 aromatic rings. The molecule has 1 rings (SSSR count). The van der Waals surface area contributed by atoms with Crippen molar-refractivity contribution in [2.45, 2.75) is 31.4 Å². The first kappa shape index (κ1) is 16.1. The summed E-state index contributed by atoms with van der Waals surface area (Å²) < 4.78 is 26.5. The fourth-order valence-corrected chi connectivity index (χ4v) is 2.98. The van der Waals surface area contributed by atoms with Gasteiger partial charge in [-0.15, -0.1) is 0 Å². The summed E-state index contributed by atoms with van der Waals surface area (Å²) in [5, 5.41) is 2.47. The summed E-state index contributed by atoms with van der Waals surface area (Å²) >= 11 is 0. The molecular weight excluding hydrogens is 260 g/mol. The molecule has 0 radical (unpaired) electrons. The zero-order valence-corrected chi connectivity index (χ0v) is 12.7. The van der Waals surface area contributed by atoms with Gasteiger partial charge in [-0.25, -0.2) is 13.1 Å². The van der Waals surface area contributed by atoms with E-state index in [1.165, 1.54) is 5.56 Å². The lowest BCUT2D eigenvalue weighted by atomic mass is 9.98. The standard InChI is InChI=1S/C14H24N2O2S/c1-12(14-7-5-4-6-8-14)9-10-16-19(17,18)13(2)11-15-3/h4-8,12-13,15-16H,9-11H2,1-3H3. The van der Waals surface area contributed by atoms with Crippen molar-refractivity contribution in [3.8, 4) is 0 Å². The van der Waals surface area contributed by atoms with E-state index in [0.717, 1.165) is 6.42 Å². The molecule has 0 saturated heterocycles. The van der Waals surface area contributed by atoms with Crippen LogP contribution in [0.4, 0.5) is 0 Å². The third-order valence-electron chi connectivity index (χ3n) is 3.27. The Morgan fingerprint density at radius 3 is 2.37 bits per heavy atom. The molecule has 0 heterocycles. The highest BCUT2D eigenvalue weighted by Gasteiger charge is 2.19. The molecule has 0 aliphatic heterocycles. The monoisotopic (exact) mass is 284 g/mol. The van der Waals surface area contributed by atoms with Gasteiger partial charge in [0.1, 0.15) is 0 Å². The Labute approximate surface area is 116 Å². The van der Waals surface area contributed by atoms with Crippen LogP contribution in [-0.2, 0) is 10.0 Å². The summed E-state index contributed by atoms with van der Waals surface area (Å²) in [5.41, 5.74) is 1.24. The van der Waals surface area contributed by atoms with Crippen LogP contribution in [0.15, 0.2) is 30.3 Å². The number of hydrogen-bond acceptors (Lipinski definition) is 3. The molecule has 0 saturated carbocycles. The fraction of sp³-hybridized carbons (Fsp3) is 0.571. The van der Waals surface area contributed by atoms with Gasteiger partial charge in [0.15, 0.2) is 0 Å². The van der Waals surface area contributed by atoms with Crippen LogP contribution in [0.3, 0.4) is 0 Å². The largest absolute Gasteiger partial charge is 0.318 e. The van der Waals surface area contributed by atoms with E-state index in [9.17, 15) is 8.42 Å². The minimum Gasteiger partial charge on any atom is -0.318 e. The van der Waals surface area contributed by atoms with Gasteiger partial charge >= 0.3 is 0 Å². The van der Waals surface area contributed by atoms with Crippen molar-refractivity contribution in [2.24, 2.45) is 0 Å². The topological polar surface area (TPSA) is 58.2 Å². The van der Waals surface area contributed by atoms with Gasteiger partial charge in [-0.3, -0.25) is 0 Å². The second-order valence-electron chi connectivity index (χ2n) is 4.91. The summed E-state index contributed by atoms with van der Waals surface area (Å²) in [6, 6.07) is 10.1.